The lowest BCUT2D eigenvalue weighted by Gasteiger charge is -2.24. The molecule has 182 valence electrons. The van der Waals surface area contributed by atoms with Gasteiger partial charge in [0.05, 0.1) is 36.7 Å². The third-order valence-electron chi connectivity index (χ3n) is 6.49. The Kier molecular flexibility index (Phi) is 6.58. The SMILES string of the molecule is COc1ccc(C(O)C(=O)CN2CCCN(CC3=Nc4n[nH]c(=O)c5cccc(c45)N3)CC2)cc1. The number of ether oxygens (including phenoxy) is 1. The maximum absolute atomic E-state index is 12.7. The van der Waals surface area contributed by atoms with Crippen molar-refractivity contribution in [2.24, 2.45) is 4.99 Å². The van der Waals surface area contributed by atoms with Crippen LogP contribution in [0.1, 0.15) is 18.1 Å². The van der Waals surface area contributed by atoms with Gasteiger partial charge in [-0.1, -0.05) is 18.2 Å². The van der Waals surface area contributed by atoms with Crippen molar-refractivity contribution >= 4 is 33.9 Å². The number of benzene rings is 2. The molecular weight excluding hydrogens is 448 g/mol. The monoisotopic (exact) mass is 476 g/mol. The number of anilines is 1. The number of hydrogen-bond donors (Lipinski definition) is 3. The van der Waals surface area contributed by atoms with E-state index in [-0.39, 0.29) is 17.9 Å². The van der Waals surface area contributed by atoms with Gasteiger partial charge in [-0.15, -0.1) is 0 Å². The predicted molar refractivity (Wildman–Crippen MR) is 134 cm³/mol. The molecule has 1 aromatic heterocycles. The van der Waals surface area contributed by atoms with Crippen molar-refractivity contribution in [3.63, 3.8) is 0 Å². The second-order valence-corrected chi connectivity index (χ2v) is 8.84. The fraction of sp³-hybridized carbons (Fsp3) is 0.360. The Hall–Kier alpha value is -3.60. The summed E-state index contributed by atoms with van der Waals surface area (Å²) in [5.74, 6) is 1.75. The number of H-pyrrole nitrogens is 1. The van der Waals surface area contributed by atoms with Crippen LogP contribution in [0.3, 0.4) is 0 Å². The lowest BCUT2D eigenvalue weighted by molar-refractivity contribution is -0.128. The van der Waals surface area contributed by atoms with Crippen LogP contribution in [-0.4, -0.2) is 83.1 Å². The third kappa shape index (κ3) is 4.95. The van der Waals surface area contributed by atoms with E-state index in [1.165, 1.54) is 0 Å². The summed E-state index contributed by atoms with van der Waals surface area (Å²) in [5, 5.41) is 21.8. The first-order valence-corrected chi connectivity index (χ1v) is 11.7. The number of aliphatic imine (C=N–C) groups is 1. The molecule has 0 bridgehead atoms. The van der Waals surface area contributed by atoms with Gasteiger partial charge in [0.2, 0.25) is 0 Å². The lowest BCUT2D eigenvalue weighted by atomic mass is 10.1. The van der Waals surface area contributed by atoms with E-state index in [4.69, 9.17) is 4.74 Å². The zero-order valence-electron chi connectivity index (χ0n) is 19.5. The molecule has 1 saturated heterocycles. The highest BCUT2D eigenvalue weighted by atomic mass is 16.5. The van der Waals surface area contributed by atoms with E-state index in [1.807, 2.05) is 12.1 Å². The summed E-state index contributed by atoms with van der Waals surface area (Å²) in [6.45, 7) is 3.93. The van der Waals surface area contributed by atoms with Gasteiger partial charge in [0.1, 0.15) is 17.7 Å². The number of nitrogens with one attached hydrogen (secondary N) is 2. The molecule has 0 amide bonds. The number of rotatable bonds is 7. The molecule has 10 heteroatoms. The highest BCUT2D eigenvalue weighted by Crippen LogP contribution is 2.31. The first-order valence-electron chi connectivity index (χ1n) is 11.7. The van der Waals surface area contributed by atoms with Crippen LogP contribution in [0, 0.1) is 0 Å². The van der Waals surface area contributed by atoms with Crippen molar-refractivity contribution in [1.29, 1.82) is 0 Å². The number of amidine groups is 1. The van der Waals surface area contributed by atoms with Crippen LogP contribution in [0.5, 0.6) is 5.75 Å². The van der Waals surface area contributed by atoms with E-state index in [2.05, 4.69) is 30.3 Å². The highest BCUT2D eigenvalue weighted by Gasteiger charge is 2.24. The average Bonchev–Trinajstić information content (AvgIpc) is 3.10. The van der Waals surface area contributed by atoms with Crippen LogP contribution in [0.25, 0.3) is 10.8 Å². The zero-order chi connectivity index (χ0) is 24.4. The Balaban J connectivity index is 1.19. The summed E-state index contributed by atoms with van der Waals surface area (Å²) >= 11 is 0. The van der Waals surface area contributed by atoms with Gasteiger partial charge >= 0.3 is 0 Å². The second kappa shape index (κ2) is 9.95. The lowest BCUT2D eigenvalue weighted by Crippen LogP contribution is -2.38. The number of aromatic amines is 1. The molecule has 2 aliphatic rings. The number of carbonyl (C=O) groups excluding carboxylic acids is 1. The van der Waals surface area contributed by atoms with Gasteiger partial charge in [-0.05, 0) is 49.3 Å². The molecule has 1 fully saturated rings. The first-order chi connectivity index (χ1) is 17.0. The third-order valence-corrected chi connectivity index (χ3v) is 6.49. The van der Waals surface area contributed by atoms with Crippen LogP contribution in [0.2, 0.25) is 0 Å². The fourth-order valence-corrected chi connectivity index (χ4v) is 4.60. The number of aliphatic hydroxyl groups is 1. The van der Waals surface area contributed by atoms with E-state index in [0.29, 0.717) is 35.6 Å². The van der Waals surface area contributed by atoms with Crippen molar-refractivity contribution in [2.45, 2.75) is 12.5 Å². The normalized spacial score (nSPS) is 17.4. The van der Waals surface area contributed by atoms with Gasteiger partial charge in [0.15, 0.2) is 11.6 Å². The molecule has 3 heterocycles. The Morgan fingerprint density at radius 3 is 2.69 bits per heavy atom. The van der Waals surface area contributed by atoms with Crippen LogP contribution >= 0.6 is 0 Å². The Morgan fingerprint density at radius 1 is 1.11 bits per heavy atom. The number of ketones is 1. The molecule has 0 radical (unpaired) electrons. The van der Waals surface area contributed by atoms with Crippen molar-refractivity contribution < 1.29 is 14.6 Å². The van der Waals surface area contributed by atoms with Gasteiger partial charge in [0.25, 0.3) is 5.56 Å². The molecule has 0 saturated carbocycles. The summed E-state index contributed by atoms with van der Waals surface area (Å²) in [6, 6.07) is 12.4. The van der Waals surface area contributed by atoms with Gasteiger partial charge in [-0.3, -0.25) is 19.4 Å². The van der Waals surface area contributed by atoms with Crippen molar-refractivity contribution in [3.05, 3.63) is 58.4 Å². The van der Waals surface area contributed by atoms with E-state index in [1.54, 1.807) is 37.4 Å². The first kappa shape index (κ1) is 23.2. The van der Waals surface area contributed by atoms with Crippen LogP contribution in [0.4, 0.5) is 11.5 Å². The zero-order valence-corrected chi connectivity index (χ0v) is 19.5. The maximum Gasteiger partial charge on any atom is 0.272 e. The van der Waals surface area contributed by atoms with Crippen molar-refractivity contribution in [2.75, 3.05) is 51.7 Å². The van der Waals surface area contributed by atoms with E-state index >= 15 is 0 Å². The van der Waals surface area contributed by atoms with Crippen LogP contribution in [0.15, 0.2) is 52.3 Å². The van der Waals surface area contributed by atoms with Crippen LogP contribution < -0.4 is 15.6 Å². The molecule has 35 heavy (non-hydrogen) atoms. The van der Waals surface area contributed by atoms with Crippen molar-refractivity contribution in [1.82, 2.24) is 20.0 Å². The summed E-state index contributed by atoms with van der Waals surface area (Å²) in [5.41, 5.74) is 1.17. The van der Waals surface area contributed by atoms with Gasteiger partial charge in [-0.2, -0.15) is 5.10 Å². The topological polar surface area (TPSA) is 123 Å². The molecular formula is C25H28N6O4. The van der Waals surface area contributed by atoms with Crippen molar-refractivity contribution in [3.8, 4) is 5.75 Å². The number of Topliss-reactive ketones (excluding diaryl/α,β-unsaturated/α-hetero) is 1. The molecule has 0 aliphatic carbocycles. The Labute approximate surface area is 202 Å². The molecule has 1 atom stereocenters. The summed E-state index contributed by atoms with van der Waals surface area (Å²) in [6.07, 6.45) is -0.250. The standard InChI is InChI=1S/C25H28N6O4/c1-35-17-8-6-16(7-9-17)23(33)20(32)14-30-10-3-11-31(13-12-30)15-21-26-19-5-2-4-18-22(19)24(27-21)28-29-25(18)34/h2,4-9,23,33H,3,10-15H2,1H3,(H,29,34)(H,26,27,28). The largest absolute Gasteiger partial charge is 0.497 e. The quantitative estimate of drug-likeness (QED) is 0.471. The molecule has 3 aromatic rings. The van der Waals surface area contributed by atoms with Crippen LogP contribution in [-0.2, 0) is 4.79 Å². The smallest absolute Gasteiger partial charge is 0.272 e. The number of carbonyl (C=O) groups is 1. The van der Waals surface area contributed by atoms with Gasteiger partial charge in [0, 0.05) is 13.1 Å². The number of nitrogens with zero attached hydrogens (tertiary/aromatic N) is 4. The predicted octanol–water partition coefficient (Wildman–Crippen LogP) is 1.70. The minimum atomic E-state index is -1.15. The Morgan fingerprint density at radius 2 is 1.89 bits per heavy atom. The molecule has 1 unspecified atom stereocenters. The highest BCUT2D eigenvalue weighted by molar-refractivity contribution is 6.12. The molecule has 2 aromatic carbocycles. The number of aromatic nitrogens is 2. The molecule has 0 spiro atoms. The molecule has 2 aliphatic heterocycles. The second-order valence-electron chi connectivity index (χ2n) is 8.84. The number of hydrogen-bond acceptors (Lipinski definition) is 9. The minimum absolute atomic E-state index is 0.201. The maximum atomic E-state index is 12.7. The minimum Gasteiger partial charge on any atom is -0.497 e. The number of aliphatic hydroxyl groups excluding tert-OH is 1. The number of methoxy groups -OCH3 is 1. The molecule has 5 rings (SSSR count). The average molecular weight is 477 g/mol. The molecule has 3 N–H and O–H groups in total. The molecule has 10 nitrogen and oxygen atoms in total. The van der Waals surface area contributed by atoms with E-state index in [9.17, 15) is 14.7 Å². The fourth-order valence-electron chi connectivity index (χ4n) is 4.60. The summed E-state index contributed by atoms with van der Waals surface area (Å²) in [7, 11) is 1.58. The van der Waals surface area contributed by atoms with Gasteiger partial charge < -0.3 is 15.2 Å². The van der Waals surface area contributed by atoms with E-state index < -0.39 is 6.10 Å². The summed E-state index contributed by atoms with van der Waals surface area (Å²) < 4.78 is 5.14. The summed E-state index contributed by atoms with van der Waals surface area (Å²) in [4.78, 5) is 33.8. The van der Waals surface area contributed by atoms with Gasteiger partial charge in [-0.25, -0.2) is 10.1 Å². The van der Waals surface area contributed by atoms with E-state index in [0.717, 1.165) is 43.0 Å². The Bertz CT molecular complexity index is 1320.